The number of allylic oxidation sites excluding steroid dienone is 3. The van der Waals surface area contributed by atoms with Gasteiger partial charge in [-0.1, -0.05) is 35.6 Å². The van der Waals surface area contributed by atoms with E-state index in [0.29, 0.717) is 29.6 Å². The summed E-state index contributed by atoms with van der Waals surface area (Å²) in [4.78, 5) is 24.3. The van der Waals surface area contributed by atoms with Crippen LogP contribution in [0.3, 0.4) is 0 Å². The number of nitrogens with zero attached hydrogens (tertiary/aromatic N) is 3. The highest BCUT2D eigenvalue weighted by Gasteiger charge is 2.22. The van der Waals surface area contributed by atoms with E-state index in [4.69, 9.17) is 10.5 Å². The van der Waals surface area contributed by atoms with Crippen molar-refractivity contribution in [3.63, 3.8) is 0 Å². The van der Waals surface area contributed by atoms with E-state index in [-0.39, 0.29) is 5.91 Å². The van der Waals surface area contributed by atoms with Crippen LogP contribution in [0.4, 0.5) is 5.69 Å². The molecule has 1 aliphatic rings. The van der Waals surface area contributed by atoms with E-state index >= 15 is 0 Å². The van der Waals surface area contributed by atoms with Crippen molar-refractivity contribution in [2.45, 2.75) is 27.2 Å². The van der Waals surface area contributed by atoms with Crippen molar-refractivity contribution in [3.05, 3.63) is 70.9 Å². The minimum Gasteiger partial charge on any atom is -0.497 e. The lowest BCUT2D eigenvalue weighted by atomic mass is 10.1. The number of amides is 1. The molecule has 0 fully saturated rings. The minimum atomic E-state index is -0.176. The highest BCUT2D eigenvalue weighted by atomic mass is 32.2. The van der Waals surface area contributed by atoms with Crippen molar-refractivity contribution in [1.29, 1.82) is 0 Å². The largest absolute Gasteiger partial charge is 0.497 e. The van der Waals surface area contributed by atoms with E-state index < -0.39 is 0 Å². The maximum Gasteiger partial charge on any atom is 0.267 e. The average Bonchev–Trinajstić information content (AvgIpc) is 2.80. The lowest BCUT2D eigenvalue weighted by Crippen LogP contribution is -2.33. The maximum atomic E-state index is 13.6. The normalized spacial score (nSPS) is 16.3. The van der Waals surface area contributed by atoms with E-state index in [0.717, 1.165) is 23.4 Å². The third-order valence-electron chi connectivity index (χ3n) is 4.66. The molecule has 1 heterocycles. The number of rotatable bonds is 10. The molecular formula is C25H32N4O2S. The Morgan fingerprint density at radius 2 is 2.09 bits per heavy atom. The second-order valence-electron chi connectivity index (χ2n) is 7.44. The zero-order valence-electron chi connectivity index (χ0n) is 19.2. The summed E-state index contributed by atoms with van der Waals surface area (Å²) in [6, 6.07) is 7.42. The molecule has 0 spiro atoms. The zero-order chi connectivity index (χ0) is 23.3. The van der Waals surface area contributed by atoms with Crippen LogP contribution >= 0.6 is 11.8 Å². The molecule has 1 aromatic carbocycles. The molecule has 2 rings (SSSR count). The van der Waals surface area contributed by atoms with E-state index in [1.807, 2.05) is 69.5 Å². The molecule has 0 aliphatic carbocycles. The molecule has 0 saturated carbocycles. The highest BCUT2D eigenvalue weighted by Crippen LogP contribution is 2.26. The lowest BCUT2D eigenvalue weighted by Gasteiger charge is -2.23. The summed E-state index contributed by atoms with van der Waals surface area (Å²) in [5.41, 5.74) is 10.3. The molecule has 0 saturated heterocycles. The lowest BCUT2D eigenvalue weighted by molar-refractivity contribution is -0.114. The van der Waals surface area contributed by atoms with Crippen molar-refractivity contribution in [1.82, 2.24) is 0 Å². The summed E-state index contributed by atoms with van der Waals surface area (Å²) in [5, 5.41) is 0. The van der Waals surface area contributed by atoms with Crippen molar-refractivity contribution in [2.24, 2.45) is 21.6 Å². The van der Waals surface area contributed by atoms with Gasteiger partial charge in [0, 0.05) is 37.1 Å². The molecule has 1 atom stereocenters. The van der Waals surface area contributed by atoms with Gasteiger partial charge in [0.1, 0.15) is 10.7 Å². The summed E-state index contributed by atoms with van der Waals surface area (Å²) < 4.78 is 5.25. The van der Waals surface area contributed by atoms with Crippen molar-refractivity contribution < 1.29 is 9.53 Å². The topological polar surface area (TPSA) is 80.3 Å². The highest BCUT2D eigenvalue weighted by molar-refractivity contribution is 8.16. The van der Waals surface area contributed by atoms with Gasteiger partial charge in [0.15, 0.2) is 0 Å². The first-order valence-corrected chi connectivity index (χ1v) is 11.4. The minimum absolute atomic E-state index is 0.176. The first-order valence-electron chi connectivity index (χ1n) is 10.5. The monoisotopic (exact) mass is 452 g/mol. The fourth-order valence-electron chi connectivity index (χ4n) is 2.87. The number of anilines is 1. The summed E-state index contributed by atoms with van der Waals surface area (Å²) in [6.07, 6.45) is 12.2. The van der Waals surface area contributed by atoms with Gasteiger partial charge in [-0.05, 0) is 57.5 Å². The molecule has 0 radical (unpaired) electrons. The molecule has 1 amide bonds. The van der Waals surface area contributed by atoms with E-state index in [9.17, 15) is 4.79 Å². The van der Waals surface area contributed by atoms with E-state index in [1.165, 1.54) is 11.8 Å². The Labute approximate surface area is 195 Å². The van der Waals surface area contributed by atoms with Crippen LogP contribution in [0.1, 0.15) is 27.2 Å². The fraction of sp³-hybridized carbons (Fsp3) is 0.320. The standard InChI is InChI=1S/C25H32N4O2S/c1-5-6-23(26)24(32-18-28-17-20-11-14-27-15-12-20)25(30)29(16-13-19(2)3)21-7-9-22(31-4)10-8-21/h5-11,13-15,18,20H,12,16-17,26H2,1-4H3/b6-5+,24-23+,28-18?. The number of carbonyl (C=O) groups is 1. The molecule has 170 valence electrons. The predicted molar refractivity (Wildman–Crippen MR) is 137 cm³/mol. The van der Waals surface area contributed by atoms with Gasteiger partial charge in [-0.2, -0.15) is 0 Å². The van der Waals surface area contributed by atoms with Crippen LogP contribution in [0.2, 0.25) is 0 Å². The number of nitrogens with two attached hydrogens (primary N) is 1. The molecule has 1 aromatic rings. The summed E-state index contributed by atoms with van der Waals surface area (Å²) in [7, 11) is 1.62. The van der Waals surface area contributed by atoms with Crippen LogP contribution in [0.5, 0.6) is 5.75 Å². The van der Waals surface area contributed by atoms with Gasteiger partial charge < -0.3 is 15.4 Å². The third-order valence-corrected chi connectivity index (χ3v) is 5.56. The maximum absolute atomic E-state index is 13.6. The van der Waals surface area contributed by atoms with Gasteiger partial charge in [0.25, 0.3) is 5.91 Å². The van der Waals surface area contributed by atoms with Gasteiger partial charge >= 0.3 is 0 Å². The Hall–Kier alpha value is -3.06. The molecule has 0 bridgehead atoms. The fourth-order valence-corrected chi connectivity index (χ4v) is 3.55. The smallest absolute Gasteiger partial charge is 0.267 e. The second kappa shape index (κ2) is 13.4. The van der Waals surface area contributed by atoms with Gasteiger partial charge in [0.05, 0.1) is 18.4 Å². The predicted octanol–water partition coefficient (Wildman–Crippen LogP) is 5.11. The van der Waals surface area contributed by atoms with Gasteiger partial charge in [-0.15, -0.1) is 0 Å². The van der Waals surface area contributed by atoms with Crippen LogP contribution < -0.4 is 15.4 Å². The van der Waals surface area contributed by atoms with Crippen LogP contribution in [0.25, 0.3) is 0 Å². The summed E-state index contributed by atoms with van der Waals surface area (Å²) in [5.74, 6) is 0.883. The molecule has 2 N–H and O–H groups in total. The molecule has 1 unspecified atom stereocenters. The Morgan fingerprint density at radius 1 is 1.34 bits per heavy atom. The van der Waals surface area contributed by atoms with Crippen LogP contribution in [-0.2, 0) is 4.79 Å². The first kappa shape index (κ1) is 25.2. The second-order valence-corrected chi connectivity index (χ2v) is 8.29. The van der Waals surface area contributed by atoms with Crippen molar-refractivity contribution >= 4 is 35.1 Å². The Bertz CT molecular complexity index is 939. The van der Waals surface area contributed by atoms with Gasteiger partial charge in [-0.3, -0.25) is 14.8 Å². The average molecular weight is 453 g/mol. The number of hydrogen-bond donors (Lipinski definition) is 1. The number of aliphatic imine (C=N–C) groups is 2. The number of methoxy groups -OCH3 is 1. The van der Waals surface area contributed by atoms with Crippen LogP contribution in [-0.4, -0.2) is 37.9 Å². The van der Waals surface area contributed by atoms with E-state index in [1.54, 1.807) is 29.8 Å². The molecule has 32 heavy (non-hydrogen) atoms. The number of thioether (sulfide) groups is 1. The summed E-state index contributed by atoms with van der Waals surface area (Å²) in [6.45, 7) is 6.96. The Balaban J connectivity index is 2.27. The van der Waals surface area contributed by atoms with Gasteiger partial charge in [-0.25, -0.2) is 0 Å². The zero-order valence-corrected chi connectivity index (χ0v) is 20.0. The quantitative estimate of drug-likeness (QED) is 0.176. The number of hydrogen-bond acceptors (Lipinski definition) is 6. The molecule has 6 nitrogen and oxygen atoms in total. The molecular weight excluding hydrogens is 420 g/mol. The summed E-state index contributed by atoms with van der Waals surface area (Å²) >= 11 is 1.25. The Kier molecular flexibility index (Phi) is 10.5. The molecule has 0 aromatic heterocycles. The molecule has 7 heteroatoms. The SMILES string of the molecule is C/C=C/C(N)=C(\SC=NCC1C=CN=CC1)C(=O)N(CC=C(C)C)c1ccc(OC)cc1. The Morgan fingerprint density at radius 3 is 2.69 bits per heavy atom. The number of benzene rings is 1. The van der Waals surface area contributed by atoms with Crippen LogP contribution in [0, 0.1) is 5.92 Å². The van der Waals surface area contributed by atoms with E-state index in [2.05, 4.69) is 9.98 Å². The van der Waals surface area contributed by atoms with Crippen LogP contribution in [0.15, 0.2) is 80.9 Å². The van der Waals surface area contributed by atoms with Gasteiger partial charge in [0.2, 0.25) is 0 Å². The number of ether oxygens (including phenoxy) is 1. The van der Waals surface area contributed by atoms with Crippen molar-refractivity contribution in [2.75, 3.05) is 25.1 Å². The number of carbonyl (C=O) groups excluding carboxylic acids is 1. The third kappa shape index (κ3) is 7.89. The first-order chi connectivity index (χ1) is 15.5. The molecule has 1 aliphatic heterocycles. The van der Waals surface area contributed by atoms with Crippen molar-refractivity contribution in [3.8, 4) is 5.75 Å².